The van der Waals surface area contributed by atoms with Crippen molar-refractivity contribution in [3.63, 3.8) is 0 Å². The molecule has 5 unspecified atom stereocenters. The Morgan fingerprint density at radius 1 is 0.884 bits per heavy atom. The molecule has 2 rings (SSSR count). The molecular formula is C28H32F5N3O7. The number of rotatable bonds is 13. The summed E-state index contributed by atoms with van der Waals surface area (Å²) in [4.78, 5) is 50.3. The van der Waals surface area contributed by atoms with Crippen LogP contribution in [0.5, 0.6) is 5.75 Å². The van der Waals surface area contributed by atoms with Gasteiger partial charge in [-0.25, -0.2) is 22.0 Å². The molecule has 0 aliphatic heterocycles. The van der Waals surface area contributed by atoms with Crippen molar-refractivity contribution in [1.82, 2.24) is 10.6 Å². The van der Waals surface area contributed by atoms with Crippen LogP contribution in [0.15, 0.2) is 24.3 Å². The summed E-state index contributed by atoms with van der Waals surface area (Å²) in [6.07, 6.45) is -4.55. The van der Waals surface area contributed by atoms with Crippen molar-refractivity contribution in [3.05, 3.63) is 64.5 Å². The molecule has 236 valence electrons. The van der Waals surface area contributed by atoms with Gasteiger partial charge in [0.05, 0.1) is 23.6 Å². The van der Waals surface area contributed by atoms with E-state index in [1.807, 2.05) is 0 Å². The Balaban J connectivity index is 2.07. The molecule has 0 spiro atoms. The highest BCUT2D eigenvalue weighted by atomic mass is 19.2. The largest absolute Gasteiger partial charge is 0.507 e. The number of hydrogen-bond donors (Lipinski definition) is 5. The molecule has 5 atom stereocenters. The van der Waals surface area contributed by atoms with Gasteiger partial charge in [-0.3, -0.25) is 19.2 Å². The minimum atomic E-state index is -2.33. The first-order chi connectivity index (χ1) is 20.0. The standard InChI is InChI=1S/C28H32F5N3O7/c1-11(2)24(27(41)35-13(4)23(25(34)39)36-26(40)14-7-5-6-8-17(14)38)43-28(42)12(3)16(37)10-9-15-18(29)20(31)22(33)21(32)19(15)30/h5-8,11-13,16,23-24,37-38H,9-10H2,1-4H3,(H2,34,39)(H,35,41)(H,36,40). The number of nitrogens with one attached hydrogen (secondary N) is 2. The van der Waals surface area contributed by atoms with E-state index in [2.05, 4.69) is 10.6 Å². The lowest BCUT2D eigenvalue weighted by atomic mass is 9.96. The quantitative estimate of drug-likeness (QED) is 0.0995. The fourth-order valence-corrected chi connectivity index (χ4v) is 4.01. The molecule has 2 aromatic carbocycles. The van der Waals surface area contributed by atoms with E-state index < -0.39 is 107 Å². The predicted molar refractivity (Wildman–Crippen MR) is 141 cm³/mol. The van der Waals surface area contributed by atoms with Crippen molar-refractivity contribution in [3.8, 4) is 5.75 Å². The summed E-state index contributed by atoms with van der Waals surface area (Å²) in [5.41, 5.74) is 4.07. The van der Waals surface area contributed by atoms with Crippen LogP contribution < -0.4 is 16.4 Å². The molecule has 3 amide bonds. The minimum Gasteiger partial charge on any atom is -0.507 e. The van der Waals surface area contributed by atoms with Gasteiger partial charge in [-0.15, -0.1) is 0 Å². The summed E-state index contributed by atoms with van der Waals surface area (Å²) in [5, 5.41) is 25.0. The van der Waals surface area contributed by atoms with Gasteiger partial charge in [0.1, 0.15) is 11.8 Å². The van der Waals surface area contributed by atoms with Gasteiger partial charge < -0.3 is 31.3 Å². The summed E-state index contributed by atoms with van der Waals surface area (Å²) in [7, 11) is 0. The van der Waals surface area contributed by atoms with E-state index in [4.69, 9.17) is 10.5 Å². The second kappa shape index (κ2) is 14.8. The number of carbonyl (C=O) groups is 4. The lowest BCUT2D eigenvalue weighted by Crippen LogP contribution is -2.58. The van der Waals surface area contributed by atoms with Crippen molar-refractivity contribution >= 4 is 23.7 Å². The molecule has 0 aliphatic rings. The SMILES string of the molecule is CC(C)C(OC(=O)C(C)C(O)CCc1c(F)c(F)c(F)c(F)c1F)C(=O)NC(C)C(NC(=O)c1ccccc1O)C(N)=O. The number of halogens is 5. The van der Waals surface area contributed by atoms with E-state index in [9.17, 15) is 51.3 Å². The van der Waals surface area contributed by atoms with Crippen molar-refractivity contribution < 1.29 is 56.1 Å². The number of phenolic OH excluding ortho intramolecular Hbond substituents is 1. The molecule has 2 aromatic rings. The summed E-state index contributed by atoms with van der Waals surface area (Å²) in [6.45, 7) is 5.53. The second-order valence-corrected chi connectivity index (χ2v) is 10.2. The lowest BCUT2D eigenvalue weighted by Gasteiger charge is -2.28. The molecule has 0 heterocycles. The second-order valence-electron chi connectivity index (χ2n) is 10.2. The molecule has 0 fully saturated rings. The number of nitrogens with two attached hydrogens (primary N) is 1. The topological polar surface area (TPSA) is 168 Å². The number of aliphatic hydroxyl groups is 1. The predicted octanol–water partition coefficient (Wildman–Crippen LogP) is 2.37. The number of aliphatic hydroxyl groups excluding tert-OH is 1. The third kappa shape index (κ3) is 8.40. The molecular weight excluding hydrogens is 585 g/mol. The van der Waals surface area contributed by atoms with Crippen LogP contribution in [0.2, 0.25) is 0 Å². The van der Waals surface area contributed by atoms with Gasteiger partial charge in [0.15, 0.2) is 29.4 Å². The zero-order valence-electron chi connectivity index (χ0n) is 23.6. The van der Waals surface area contributed by atoms with Crippen LogP contribution in [0, 0.1) is 40.9 Å². The Kier molecular flexibility index (Phi) is 12.0. The summed E-state index contributed by atoms with van der Waals surface area (Å²) in [6, 6.07) is 2.89. The fourth-order valence-electron chi connectivity index (χ4n) is 4.01. The Morgan fingerprint density at radius 3 is 1.93 bits per heavy atom. The van der Waals surface area contributed by atoms with Crippen LogP contribution in [-0.4, -0.2) is 58.2 Å². The number of para-hydroxylation sites is 1. The molecule has 0 bridgehead atoms. The van der Waals surface area contributed by atoms with Crippen LogP contribution in [0.1, 0.15) is 50.0 Å². The van der Waals surface area contributed by atoms with Crippen molar-refractivity contribution in [1.29, 1.82) is 0 Å². The maximum Gasteiger partial charge on any atom is 0.312 e. The minimum absolute atomic E-state index is 0.158. The highest BCUT2D eigenvalue weighted by Crippen LogP contribution is 2.25. The number of esters is 1. The Hall–Kier alpha value is -4.27. The van der Waals surface area contributed by atoms with E-state index in [1.54, 1.807) is 0 Å². The lowest BCUT2D eigenvalue weighted by molar-refractivity contribution is -0.165. The zero-order valence-corrected chi connectivity index (χ0v) is 23.6. The van der Waals surface area contributed by atoms with Crippen LogP contribution >= 0.6 is 0 Å². The zero-order chi connectivity index (χ0) is 32.8. The maximum atomic E-state index is 13.9. The van der Waals surface area contributed by atoms with E-state index in [0.29, 0.717) is 0 Å². The average molecular weight is 618 g/mol. The highest BCUT2D eigenvalue weighted by molar-refractivity contribution is 5.99. The van der Waals surface area contributed by atoms with E-state index in [0.717, 1.165) is 0 Å². The number of hydrogen-bond acceptors (Lipinski definition) is 7. The fraction of sp³-hybridized carbons (Fsp3) is 0.429. The van der Waals surface area contributed by atoms with Gasteiger partial charge in [0, 0.05) is 5.56 Å². The van der Waals surface area contributed by atoms with Gasteiger partial charge in [-0.2, -0.15) is 0 Å². The molecule has 6 N–H and O–H groups in total. The van der Waals surface area contributed by atoms with Crippen LogP contribution in [0.3, 0.4) is 0 Å². The van der Waals surface area contributed by atoms with E-state index in [-0.39, 0.29) is 11.3 Å². The smallest absolute Gasteiger partial charge is 0.312 e. The number of ether oxygens (including phenoxy) is 1. The average Bonchev–Trinajstić information content (AvgIpc) is 2.95. The monoisotopic (exact) mass is 617 g/mol. The number of amides is 3. The molecule has 0 saturated heterocycles. The number of primary amides is 1. The van der Waals surface area contributed by atoms with Gasteiger partial charge in [0.2, 0.25) is 11.7 Å². The first-order valence-corrected chi connectivity index (χ1v) is 13.1. The van der Waals surface area contributed by atoms with Crippen LogP contribution in [0.25, 0.3) is 0 Å². The first kappa shape index (κ1) is 34.9. The molecule has 0 aliphatic carbocycles. The number of aromatic hydroxyl groups is 1. The summed E-state index contributed by atoms with van der Waals surface area (Å²) in [5.74, 6) is -17.1. The van der Waals surface area contributed by atoms with Gasteiger partial charge in [-0.1, -0.05) is 26.0 Å². The van der Waals surface area contributed by atoms with E-state index >= 15 is 0 Å². The van der Waals surface area contributed by atoms with Crippen LogP contribution in [-0.2, 0) is 25.5 Å². The molecule has 0 aromatic heterocycles. The van der Waals surface area contributed by atoms with Crippen LogP contribution in [0.4, 0.5) is 22.0 Å². The molecule has 0 radical (unpaired) electrons. The summed E-state index contributed by atoms with van der Waals surface area (Å²) >= 11 is 0. The van der Waals surface area contributed by atoms with Crippen molar-refractivity contribution in [2.75, 3.05) is 0 Å². The Labute approximate surface area is 243 Å². The Bertz CT molecular complexity index is 1350. The first-order valence-electron chi connectivity index (χ1n) is 13.1. The summed E-state index contributed by atoms with van der Waals surface area (Å²) < 4.78 is 73.3. The number of phenols is 1. The number of benzene rings is 2. The third-order valence-electron chi connectivity index (χ3n) is 6.66. The maximum absolute atomic E-state index is 13.9. The highest BCUT2D eigenvalue weighted by Gasteiger charge is 2.35. The molecule has 0 saturated carbocycles. The molecule has 10 nitrogen and oxygen atoms in total. The normalized spacial score (nSPS) is 14.8. The van der Waals surface area contributed by atoms with Gasteiger partial charge in [0.25, 0.3) is 11.8 Å². The number of carbonyl (C=O) groups excluding carboxylic acids is 4. The van der Waals surface area contributed by atoms with Gasteiger partial charge >= 0.3 is 5.97 Å². The van der Waals surface area contributed by atoms with Gasteiger partial charge in [-0.05, 0) is 44.7 Å². The van der Waals surface area contributed by atoms with Crippen molar-refractivity contribution in [2.24, 2.45) is 17.6 Å². The molecule has 43 heavy (non-hydrogen) atoms. The Morgan fingerprint density at radius 2 is 1.42 bits per heavy atom. The van der Waals surface area contributed by atoms with Crippen molar-refractivity contribution in [2.45, 2.75) is 64.8 Å². The third-order valence-corrected chi connectivity index (χ3v) is 6.66. The van der Waals surface area contributed by atoms with E-state index in [1.165, 1.54) is 52.0 Å². The molecule has 15 heteroatoms.